The second-order valence-corrected chi connectivity index (χ2v) is 9.62. The van der Waals surface area contributed by atoms with E-state index in [4.69, 9.17) is 11.6 Å². The zero-order chi connectivity index (χ0) is 24.8. The molecule has 0 unspecified atom stereocenters. The number of carbonyl (C=O) groups excluding carboxylic acids is 2. The maximum atomic E-state index is 13.5. The van der Waals surface area contributed by atoms with E-state index in [1.54, 1.807) is 46.1 Å². The van der Waals surface area contributed by atoms with Gasteiger partial charge in [0.05, 0.1) is 17.7 Å². The van der Waals surface area contributed by atoms with Gasteiger partial charge in [-0.15, -0.1) is 0 Å². The van der Waals surface area contributed by atoms with Crippen LogP contribution < -0.4 is 15.8 Å². The summed E-state index contributed by atoms with van der Waals surface area (Å²) in [7, 11) is 0. The Kier molecular flexibility index (Phi) is 5.62. The van der Waals surface area contributed by atoms with Crippen molar-refractivity contribution in [2.24, 2.45) is 0 Å². The third kappa shape index (κ3) is 3.88. The van der Waals surface area contributed by atoms with Crippen LogP contribution in [-0.4, -0.2) is 51.6 Å². The van der Waals surface area contributed by atoms with Crippen molar-refractivity contribution in [1.82, 2.24) is 19.8 Å². The number of nitrogens with zero attached hydrogens (tertiary/aromatic N) is 3. The molecule has 2 N–H and O–H groups in total. The second-order valence-electron chi connectivity index (χ2n) is 9.21. The number of rotatable bonds is 4. The Labute approximate surface area is 212 Å². The van der Waals surface area contributed by atoms with Crippen molar-refractivity contribution in [3.05, 3.63) is 94.0 Å². The molecule has 0 spiro atoms. The molecule has 2 amide bonds. The van der Waals surface area contributed by atoms with Gasteiger partial charge in [-0.2, -0.15) is 0 Å². The minimum atomic E-state index is -0.414. The fourth-order valence-electron chi connectivity index (χ4n) is 5.24. The van der Waals surface area contributed by atoms with Crippen molar-refractivity contribution < 1.29 is 9.59 Å². The molecule has 2 aliphatic heterocycles. The van der Waals surface area contributed by atoms with E-state index in [0.29, 0.717) is 17.3 Å². The number of amides is 2. The maximum absolute atomic E-state index is 13.5. The molecule has 2 atom stereocenters. The largest absolute Gasteiger partial charge is 0.360 e. The van der Waals surface area contributed by atoms with Crippen molar-refractivity contribution in [2.75, 3.05) is 18.1 Å². The summed E-state index contributed by atoms with van der Waals surface area (Å²) in [6.45, 7) is 1.26. The van der Waals surface area contributed by atoms with Crippen LogP contribution >= 0.6 is 11.6 Å². The molecule has 6 rings (SSSR count). The predicted octanol–water partition coefficient (Wildman–Crippen LogP) is 3.54. The lowest BCUT2D eigenvalue weighted by Crippen LogP contribution is -2.55. The standard InChI is InChI=1S/C27H24ClN5O3/c28-21-15-29-23-14-17(6-11-20(21)23)26(35)30-22-4-3-12-31-16-33(27(36)25(22)31)19-9-7-18(8-10-19)32-13-2-1-5-24(32)34/h1-2,5-11,13-15,22,25,29H,3-4,12,16H2,(H,30,35)/t22-,25+/m1/s1. The van der Waals surface area contributed by atoms with Crippen molar-refractivity contribution in [2.45, 2.75) is 24.9 Å². The zero-order valence-corrected chi connectivity index (χ0v) is 20.1. The average Bonchev–Trinajstić information content (AvgIpc) is 3.44. The number of carbonyl (C=O) groups is 2. The molecule has 2 fully saturated rings. The van der Waals surface area contributed by atoms with Crippen LogP contribution in [-0.2, 0) is 4.79 Å². The van der Waals surface area contributed by atoms with Crippen LogP contribution in [0.3, 0.4) is 0 Å². The number of hydrogen-bond donors (Lipinski definition) is 2. The third-order valence-electron chi connectivity index (χ3n) is 7.05. The summed E-state index contributed by atoms with van der Waals surface area (Å²) < 4.78 is 1.56. The average molecular weight is 502 g/mol. The van der Waals surface area contributed by atoms with Gasteiger partial charge in [0, 0.05) is 52.8 Å². The first kappa shape index (κ1) is 22.6. The van der Waals surface area contributed by atoms with Gasteiger partial charge in [0.25, 0.3) is 11.5 Å². The molecule has 0 bridgehead atoms. The lowest BCUT2D eigenvalue weighted by Gasteiger charge is -2.34. The monoisotopic (exact) mass is 501 g/mol. The van der Waals surface area contributed by atoms with E-state index < -0.39 is 6.04 Å². The molecule has 2 aromatic carbocycles. The van der Waals surface area contributed by atoms with Crippen LogP contribution in [0.4, 0.5) is 5.69 Å². The SMILES string of the molecule is O=C(N[C@@H]1CCCN2CN(c3ccc(-n4ccccc4=O)cc3)C(=O)[C@H]12)c1ccc2c(Cl)c[nH]c2c1. The molecule has 9 heteroatoms. The number of halogens is 1. The van der Waals surface area contributed by atoms with Crippen LogP contribution in [0.15, 0.2) is 77.9 Å². The summed E-state index contributed by atoms with van der Waals surface area (Å²) in [6.07, 6.45) is 5.04. The first-order chi connectivity index (χ1) is 17.5. The quantitative estimate of drug-likeness (QED) is 0.447. The molecule has 2 saturated heterocycles. The number of nitrogens with one attached hydrogen (secondary N) is 2. The zero-order valence-electron chi connectivity index (χ0n) is 19.4. The highest BCUT2D eigenvalue weighted by molar-refractivity contribution is 6.35. The Hall–Kier alpha value is -3.88. The Balaban J connectivity index is 1.20. The number of piperidine rings is 1. The molecule has 4 heterocycles. The summed E-state index contributed by atoms with van der Waals surface area (Å²) in [5.74, 6) is -0.241. The minimum Gasteiger partial charge on any atom is -0.360 e. The highest BCUT2D eigenvalue weighted by Crippen LogP contribution is 2.30. The van der Waals surface area contributed by atoms with Crippen molar-refractivity contribution in [3.63, 3.8) is 0 Å². The molecule has 2 aliphatic rings. The molecular weight excluding hydrogens is 478 g/mol. The van der Waals surface area contributed by atoms with Gasteiger partial charge in [0.1, 0.15) is 6.04 Å². The topological polar surface area (TPSA) is 90.4 Å². The van der Waals surface area contributed by atoms with Gasteiger partial charge in [-0.05, 0) is 55.3 Å². The summed E-state index contributed by atoms with van der Waals surface area (Å²) in [5.41, 5.74) is 2.70. The number of aromatic nitrogens is 2. The van der Waals surface area contributed by atoms with Crippen molar-refractivity contribution in [1.29, 1.82) is 0 Å². The first-order valence-corrected chi connectivity index (χ1v) is 12.3. The minimum absolute atomic E-state index is 0.0313. The van der Waals surface area contributed by atoms with Crippen LogP contribution in [0, 0.1) is 0 Å². The molecular formula is C27H24ClN5O3. The second kappa shape index (κ2) is 8.96. The molecule has 182 valence electrons. The number of anilines is 1. The number of benzene rings is 2. The highest BCUT2D eigenvalue weighted by Gasteiger charge is 2.46. The Morgan fingerprint density at radius 2 is 1.83 bits per heavy atom. The van der Waals surface area contributed by atoms with Gasteiger partial charge in [-0.1, -0.05) is 23.7 Å². The molecule has 36 heavy (non-hydrogen) atoms. The van der Waals surface area contributed by atoms with Gasteiger partial charge in [0.15, 0.2) is 0 Å². The smallest absolute Gasteiger partial charge is 0.255 e. The Bertz CT molecular complexity index is 1530. The van der Waals surface area contributed by atoms with E-state index in [0.717, 1.165) is 41.7 Å². The van der Waals surface area contributed by atoms with Gasteiger partial charge in [0.2, 0.25) is 5.91 Å². The van der Waals surface area contributed by atoms with E-state index in [-0.39, 0.29) is 23.4 Å². The van der Waals surface area contributed by atoms with Crippen LogP contribution in [0.25, 0.3) is 16.6 Å². The van der Waals surface area contributed by atoms with Gasteiger partial charge in [-0.25, -0.2) is 0 Å². The summed E-state index contributed by atoms with van der Waals surface area (Å²) >= 11 is 6.15. The van der Waals surface area contributed by atoms with E-state index in [2.05, 4.69) is 15.2 Å². The van der Waals surface area contributed by atoms with E-state index in [1.807, 2.05) is 30.3 Å². The summed E-state index contributed by atoms with van der Waals surface area (Å²) in [4.78, 5) is 45.7. The van der Waals surface area contributed by atoms with Crippen molar-refractivity contribution in [3.8, 4) is 5.69 Å². The predicted molar refractivity (Wildman–Crippen MR) is 139 cm³/mol. The fourth-order valence-corrected chi connectivity index (χ4v) is 5.46. The van der Waals surface area contributed by atoms with E-state index in [9.17, 15) is 14.4 Å². The molecule has 4 aromatic rings. The molecule has 0 radical (unpaired) electrons. The maximum Gasteiger partial charge on any atom is 0.255 e. The van der Waals surface area contributed by atoms with E-state index >= 15 is 0 Å². The molecule has 0 aliphatic carbocycles. The van der Waals surface area contributed by atoms with Crippen LogP contribution in [0.5, 0.6) is 0 Å². The lowest BCUT2D eigenvalue weighted by molar-refractivity contribution is -0.121. The van der Waals surface area contributed by atoms with Gasteiger partial charge in [-0.3, -0.25) is 28.8 Å². The van der Waals surface area contributed by atoms with E-state index in [1.165, 1.54) is 6.07 Å². The van der Waals surface area contributed by atoms with Gasteiger partial charge >= 0.3 is 0 Å². The number of aromatic amines is 1. The summed E-state index contributed by atoms with van der Waals surface area (Å²) in [5, 5.41) is 4.58. The molecule has 8 nitrogen and oxygen atoms in total. The lowest BCUT2D eigenvalue weighted by atomic mass is 9.96. The number of pyridine rings is 1. The van der Waals surface area contributed by atoms with Crippen molar-refractivity contribution >= 4 is 40.0 Å². The molecule has 0 saturated carbocycles. The molecule has 2 aromatic heterocycles. The Morgan fingerprint density at radius 1 is 1.03 bits per heavy atom. The van der Waals surface area contributed by atoms with Crippen LogP contribution in [0.2, 0.25) is 5.02 Å². The normalized spacial score (nSPS) is 20.0. The number of hydrogen-bond acceptors (Lipinski definition) is 4. The van der Waals surface area contributed by atoms with Crippen LogP contribution in [0.1, 0.15) is 23.2 Å². The first-order valence-electron chi connectivity index (χ1n) is 11.9. The number of H-pyrrole nitrogens is 1. The Morgan fingerprint density at radius 3 is 2.64 bits per heavy atom. The van der Waals surface area contributed by atoms with Gasteiger partial charge < -0.3 is 10.3 Å². The fraction of sp³-hybridized carbons (Fsp3) is 0.222. The highest BCUT2D eigenvalue weighted by atomic mass is 35.5. The number of fused-ring (bicyclic) bond motifs is 2. The third-order valence-corrected chi connectivity index (χ3v) is 7.36. The summed E-state index contributed by atoms with van der Waals surface area (Å²) in [6, 6.07) is 17.1.